The summed E-state index contributed by atoms with van der Waals surface area (Å²) >= 11 is 0. The van der Waals surface area contributed by atoms with Gasteiger partial charge < -0.3 is 10.8 Å². The maximum absolute atomic E-state index is 10.4. The first-order valence-electron chi connectivity index (χ1n) is 4.70. The fraction of sp³-hybridized carbons (Fsp3) is 0.556. The van der Waals surface area contributed by atoms with Crippen LogP contribution < -0.4 is 5.73 Å². The summed E-state index contributed by atoms with van der Waals surface area (Å²) in [6, 6.07) is -0.713. The van der Waals surface area contributed by atoms with Crippen molar-refractivity contribution in [1.82, 2.24) is 14.8 Å². The molecule has 16 heavy (non-hydrogen) atoms. The number of aromatic nitrogens is 3. The first-order chi connectivity index (χ1) is 7.36. The van der Waals surface area contributed by atoms with Gasteiger partial charge in [-0.1, -0.05) is 13.8 Å². The standard InChI is InChI=1S/C5H11NO2.C4H5N3O/c1-3(2)4(6)5(7)8;1-4(8)7-3-5-2-6-7/h3-4H,6H2,1-2H3,(H,7,8);2-3H,1H3/t4-;/m0./s1. The van der Waals surface area contributed by atoms with E-state index >= 15 is 0 Å². The van der Waals surface area contributed by atoms with Gasteiger partial charge in [-0.3, -0.25) is 9.59 Å². The van der Waals surface area contributed by atoms with Crippen LogP contribution in [0.5, 0.6) is 0 Å². The monoisotopic (exact) mass is 228 g/mol. The van der Waals surface area contributed by atoms with Crippen LogP contribution >= 0.6 is 0 Å². The van der Waals surface area contributed by atoms with E-state index in [2.05, 4.69) is 10.1 Å². The Morgan fingerprint density at radius 1 is 1.44 bits per heavy atom. The molecule has 0 aliphatic rings. The van der Waals surface area contributed by atoms with Gasteiger partial charge in [-0.05, 0) is 5.92 Å². The number of carboxylic acid groups (broad SMARTS) is 1. The fourth-order valence-electron chi connectivity index (χ4n) is 0.656. The molecular weight excluding hydrogens is 212 g/mol. The minimum absolute atomic E-state index is 0.0208. The molecule has 1 atom stereocenters. The van der Waals surface area contributed by atoms with Crippen LogP contribution in [0, 0.1) is 5.92 Å². The van der Waals surface area contributed by atoms with Crippen molar-refractivity contribution < 1.29 is 14.7 Å². The van der Waals surface area contributed by atoms with Gasteiger partial charge in [0.25, 0.3) is 0 Å². The molecule has 3 N–H and O–H groups in total. The zero-order valence-corrected chi connectivity index (χ0v) is 9.49. The third-order valence-electron chi connectivity index (χ3n) is 1.74. The summed E-state index contributed by atoms with van der Waals surface area (Å²) < 4.78 is 1.17. The lowest BCUT2D eigenvalue weighted by Gasteiger charge is -2.07. The quantitative estimate of drug-likeness (QED) is 0.736. The smallest absolute Gasteiger partial charge is 0.320 e. The summed E-state index contributed by atoms with van der Waals surface area (Å²) in [7, 11) is 0. The second kappa shape index (κ2) is 6.67. The van der Waals surface area contributed by atoms with Crippen LogP contribution in [0.4, 0.5) is 0 Å². The Morgan fingerprint density at radius 3 is 2.12 bits per heavy atom. The third kappa shape index (κ3) is 5.20. The summed E-state index contributed by atoms with van der Waals surface area (Å²) in [5, 5.41) is 11.8. The molecule has 0 unspecified atom stereocenters. The van der Waals surface area contributed by atoms with Gasteiger partial charge in [0, 0.05) is 6.92 Å². The molecule has 0 aliphatic carbocycles. The van der Waals surface area contributed by atoms with Gasteiger partial charge >= 0.3 is 5.97 Å². The minimum atomic E-state index is -0.931. The van der Waals surface area contributed by atoms with E-state index in [0.29, 0.717) is 0 Å². The van der Waals surface area contributed by atoms with Gasteiger partial charge in [0.15, 0.2) is 0 Å². The van der Waals surface area contributed by atoms with Crippen molar-refractivity contribution in [3.05, 3.63) is 12.7 Å². The van der Waals surface area contributed by atoms with Gasteiger partial charge in [-0.15, -0.1) is 0 Å². The zero-order chi connectivity index (χ0) is 12.7. The SMILES string of the molecule is CC(=O)n1cncn1.CC(C)[C@H](N)C(=O)O. The molecule has 0 aromatic carbocycles. The first kappa shape index (κ1) is 14.2. The molecule has 0 saturated heterocycles. The number of hydrogen-bond donors (Lipinski definition) is 2. The summed E-state index contributed by atoms with van der Waals surface area (Å²) in [6.07, 6.45) is 2.68. The number of rotatable bonds is 2. The van der Waals surface area contributed by atoms with Crippen LogP contribution in [-0.4, -0.2) is 37.8 Å². The molecule has 0 radical (unpaired) electrons. The highest BCUT2D eigenvalue weighted by molar-refractivity contribution is 5.74. The van der Waals surface area contributed by atoms with Crippen molar-refractivity contribution >= 4 is 11.9 Å². The van der Waals surface area contributed by atoms with E-state index in [4.69, 9.17) is 10.8 Å². The molecule has 0 saturated carbocycles. The van der Waals surface area contributed by atoms with Crippen LogP contribution in [0.25, 0.3) is 0 Å². The number of aliphatic carboxylic acids is 1. The van der Waals surface area contributed by atoms with E-state index in [1.807, 2.05) is 0 Å². The average Bonchev–Trinajstić information content (AvgIpc) is 2.70. The number of carbonyl (C=O) groups is 2. The molecular formula is C9H16N4O3. The number of hydrogen-bond acceptors (Lipinski definition) is 5. The molecule has 90 valence electrons. The third-order valence-corrected chi connectivity index (χ3v) is 1.74. The van der Waals surface area contributed by atoms with Crippen LogP contribution in [0.1, 0.15) is 25.6 Å². The lowest BCUT2D eigenvalue weighted by Crippen LogP contribution is -2.34. The molecule has 1 aromatic heterocycles. The van der Waals surface area contributed by atoms with Gasteiger partial charge in [-0.25, -0.2) is 4.98 Å². The highest BCUT2D eigenvalue weighted by atomic mass is 16.4. The van der Waals surface area contributed by atoms with Crippen LogP contribution in [-0.2, 0) is 4.79 Å². The normalized spacial score (nSPS) is 11.6. The van der Waals surface area contributed by atoms with Crippen molar-refractivity contribution in [2.75, 3.05) is 0 Å². The van der Waals surface area contributed by atoms with Gasteiger partial charge in [0.1, 0.15) is 18.7 Å². The molecule has 1 heterocycles. The highest BCUT2D eigenvalue weighted by Gasteiger charge is 2.14. The second-order valence-corrected chi connectivity index (χ2v) is 3.47. The molecule has 0 fully saturated rings. The molecule has 0 bridgehead atoms. The van der Waals surface area contributed by atoms with Gasteiger partial charge in [-0.2, -0.15) is 9.78 Å². The van der Waals surface area contributed by atoms with Crippen molar-refractivity contribution in [3.8, 4) is 0 Å². The van der Waals surface area contributed by atoms with Crippen molar-refractivity contribution in [3.63, 3.8) is 0 Å². The lowest BCUT2D eigenvalue weighted by atomic mass is 10.1. The molecule has 7 heteroatoms. The average molecular weight is 228 g/mol. The maximum Gasteiger partial charge on any atom is 0.320 e. The van der Waals surface area contributed by atoms with E-state index in [1.54, 1.807) is 13.8 Å². The topological polar surface area (TPSA) is 111 Å². The van der Waals surface area contributed by atoms with Gasteiger partial charge in [0.2, 0.25) is 5.91 Å². The van der Waals surface area contributed by atoms with Crippen LogP contribution in [0.15, 0.2) is 12.7 Å². The molecule has 0 aliphatic heterocycles. The maximum atomic E-state index is 10.4. The number of nitrogens with two attached hydrogens (primary N) is 1. The van der Waals surface area contributed by atoms with E-state index in [1.165, 1.54) is 24.3 Å². The summed E-state index contributed by atoms with van der Waals surface area (Å²) in [5.41, 5.74) is 5.16. The van der Waals surface area contributed by atoms with E-state index < -0.39 is 12.0 Å². The Hall–Kier alpha value is -1.76. The first-order valence-corrected chi connectivity index (χ1v) is 4.70. The highest BCUT2D eigenvalue weighted by Crippen LogP contribution is 1.96. The zero-order valence-electron chi connectivity index (χ0n) is 9.49. The van der Waals surface area contributed by atoms with Crippen molar-refractivity contribution in [2.45, 2.75) is 26.8 Å². The predicted molar refractivity (Wildman–Crippen MR) is 56.8 cm³/mol. The number of nitrogens with zero attached hydrogens (tertiary/aromatic N) is 3. The molecule has 1 aromatic rings. The second-order valence-electron chi connectivity index (χ2n) is 3.47. The van der Waals surface area contributed by atoms with Crippen molar-refractivity contribution in [2.24, 2.45) is 11.7 Å². The molecule has 1 rings (SSSR count). The summed E-state index contributed by atoms with van der Waals surface area (Å²) in [6.45, 7) is 4.98. The molecule has 0 spiro atoms. The predicted octanol–water partition coefficient (Wildman–Crippen LogP) is -0.00750. The fourth-order valence-corrected chi connectivity index (χ4v) is 0.656. The largest absolute Gasteiger partial charge is 0.480 e. The number of carboxylic acids is 1. The van der Waals surface area contributed by atoms with Crippen LogP contribution in [0.3, 0.4) is 0 Å². The van der Waals surface area contributed by atoms with E-state index in [9.17, 15) is 9.59 Å². The van der Waals surface area contributed by atoms with Crippen molar-refractivity contribution in [1.29, 1.82) is 0 Å². The van der Waals surface area contributed by atoms with Gasteiger partial charge in [0.05, 0.1) is 0 Å². The van der Waals surface area contributed by atoms with Crippen LogP contribution in [0.2, 0.25) is 0 Å². The molecule has 7 nitrogen and oxygen atoms in total. The Morgan fingerprint density at radius 2 is 2.00 bits per heavy atom. The molecule has 0 amide bonds. The van der Waals surface area contributed by atoms with E-state index in [-0.39, 0.29) is 11.8 Å². The summed E-state index contributed by atoms with van der Waals surface area (Å²) in [4.78, 5) is 24.0. The Labute approximate surface area is 93.3 Å². The Kier molecular flexibility index (Phi) is 5.94. The van der Waals surface area contributed by atoms with E-state index in [0.717, 1.165) is 0 Å². The lowest BCUT2D eigenvalue weighted by molar-refractivity contribution is -0.139. The Balaban J connectivity index is 0.000000281. The Bertz CT molecular complexity index is 335. The number of carbonyl (C=O) groups excluding carboxylic acids is 1. The summed E-state index contributed by atoms with van der Waals surface area (Å²) in [5.74, 6) is -1.03. The minimum Gasteiger partial charge on any atom is -0.480 e.